The molecule has 0 bridgehead atoms. The van der Waals surface area contributed by atoms with Crippen LogP contribution in [0.2, 0.25) is 0 Å². The van der Waals surface area contributed by atoms with Crippen molar-refractivity contribution < 1.29 is 4.74 Å². The molecule has 1 N–H and O–H groups in total. The standard InChI is InChI=1S/C14H23N3O/c1-10(9-17-7-4-6-15-17)16-12-11-5-8-18-13(11)14(12,2)3/h4,6-7,10-13,16H,5,8-9H2,1-3H3. The van der Waals surface area contributed by atoms with Gasteiger partial charge in [0.15, 0.2) is 0 Å². The van der Waals surface area contributed by atoms with Crippen LogP contribution in [0, 0.1) is 11.3 Å². The Morgan fingerprint density at radius 2 is 2.39 bits per heavy atom. The Bertz CT molecular complexity index is 401. The monoisotopic (exact) mass is 249 g/mol. The normalized spacial score (nSPS) is 34.9. The highest BCUT2D eigenvalue weighted by Gasteiger charge is 2.59. The predicted molar refractivity (Wildman–Crippen MR) is 70.2 cm³/mol. The first kappa shape index (κ1) is 12.2. The molecule has 4 atom stereocenters. The lowest BCUT2D eigenvalue weighted by Crippen LogP contribution is -2.67. The van der Waals surface area contributed by atoms with Gasteiger partial charge in [-0.2, -0.15) is 5.10 Å². The molecule has 2 fully saturated rings. The van der Waals surface area contributed by atoms with E-state index in [-0.39, 0.29) is 5.41 Å². The number of hydrogen-bond donors (Lipinski definition) is 1. The maximum atomic E-state index is 5.83. The summed E-state index contributed by atoms with van der Waals surface area (Å²) in [6.07, 6.45) is 5.53. The SMILES string of the molecule is CC(Cn1cccn1)NC1C2CCOC2C1(C)C. The van der Waals surface area contributed by atoms with Crippen molar-refractivity contribution in [2.75, 3.05) is 6.61 Å². The lowest BCUT2D eigenvalue weighted by Gasteiger charge is -2.55. The number of fused-ring (bicyclic) bond motifs is 1. The highest BCUT2D eigenvalue weighted by molar-refractivity contribution is 5.11. The van der Waals surface area contributed by atoms with Crippen LogP contribution < -0.4 is 5.32 Å². The number of hydrogen-bond acceptors (Lipinski definition) is 3. The topological polar surface area (TPSA) is 39.1 Å². The molecule has 1 aromatic rings. The largest absolute Gasteiger partial charge is 0.377 e. The minimum absolute atomic E-state index is 0.263. The maximum Gasteiger partial charge on any atom is 0.0685 e. The molecule has 4 unspecified atom stereocenters. The number of rotatable bonds is 4. The molecule has 0 amide bonds. The van der Waals surface area contributed by atoms with E-state index in [1.807, 2.05) is 23.1 Å². The van der Waals surface area contributed by atoms with E-state index in [4.69, 9.17) is 4.74 Å². The number of aromatic nitrogens is 2. The van der Waals surface area contributed by atoms with Crippen LogP contribution in [-0.2, 0) is 11.3 Å². The molecule has 2 aliphatic rings. The zero-order valence-electron chi connectivity index (χ0n) is 11.5. The fraction of sp³-hybridized carbons (Fsp3) is 0.786. The van der Waals surface area contributed by atoms with Crippen molar-refractivity contribution in [2.24, 2.45) is 11.3 Å². The van der Waals surface area contributed by atoms with Crippen LogP contribution in [0.15, 0.2) is 18.5 Å². The summed E-state index contributed by atoms with van der Waals surface area (Å²) in [6.45, 7) is 8.73. The average molecular weight is 249 g/mol. The zero-order chi connectivity index (χ0) is 12.8. The summed E-state index contributed by atoms with van der Waals surface area (Å²) in [6, 6.07) is 2.99. The molecule has 3 rings (SSSR count). The van der Waals surface area contributed by atoms with Crippen molar-refractivity contribution in [2.45, 2.75) is 51.9 Å². The van der Waals surface area contributed by atoms with Crippen molar-refractivity contribution in [3.63, 3.8) is 0 Å². The van der Waals surface area contributed by atoms with Crippen LogP contribution >= 0.6 is 0 Å². The van der Waals surface area contributed by atoms with E-state index in [2.05, 4.69) is 31.2 Å². The highest BCUT2D eigenvalue weighted by Crippen LogP contribution is 2.52. The summed E-state index contributed by atoms with van der Waals surface area (Å²) in [5, 5.41) is 8.04. The Hall–Kier alpha value is -0.870. The predicted octanol–water partition coefficient (Wildman–Crippen LogP) is 1.67. The molecule has 0 aromatic carbocycles. The quantitative estimate of drug-likeness (QED) is 0.882. The first-order chi connectivity index (χ1) is 8.59. The lowest BCUT2D eigenvalue weighted by atomic mass is 9.57. The summed E-state index contributed by atoms with van der Waals surface area (Å²) >= 11 is 0. The van der Waals surface area contributed by atoms with Gasteiger partial charge in [0.05, 0.1) is 12.6 Å². The Morgan fingerprint density at radius 1 is 1.56 bits per heavy atom. The van der Waals surface area contributed by atoms with E-state index in [1.165, 1.54) is 6.42 Å². The van der Waals surface area contributed by atoms with E-state index < -0.39 is 0 Å². The fourth-order valence-corrected chi connectivity index (χ4v) is 3.71. The molecule has 0 radical (unpaired) electrons. The minimum atomic E-state index is 0.263. The Labute approximate surface area is 109 Å². The van der Waals surface area contributed by atoms with Crippen LogP contribution in [0.1, 0.15) is 27.2 Å². The first-order valence-electron chi connectivity index (χ1n) is 6.94. The van der Waals surface area contributed by atoms with E-state index in [1.54, 1.807) is 0 Å². The average Bonchev–Trinajstić information content (AvgIpc) is 2.95. The first-order valence-corrected chi connectivity index (χ1v) is 6.94. The zero-order valence-corrected chi connectivity index (χ0v) is 11.5. The van der Waals surface area contributed by atoms with Crippen molar-refractivity contribution in [3.05, 3.63) is 18.5 Å². The van der Waals surface area contributed by atoms with Crippen LogP contribution in [0.5, 0.6) is 0 Å². The second-order valence-corrected chi connectivity index (χ2v) is 6.34. The fourth-order valence-electron chi connectivity index (χ4n) is 3.71. The summed E-state index contributed by atoms with van der Waals surface area (Å²) in [5.41, 5.74) is 0.263. The minimum Gasteiger partial charge on any atom is -0.377 e. The number of nitrogens with one attached hydrogen (secondary N) is 1. The van der Waals surface area contributed by atoms with Gasteiger partial charge in [0.1, 0.15) is 0 Å². The number of nitrogens with zero attached hydrogens (tertiary/aromatic N) is 2. The van der Waals surface area contributed by atoms with Gasteiger partial charge in [0, 0.05) is 42.4 Å². The van der Waals surface area contributed by atoms with Crippen molar-refractivity contribution >= 4 is 0 Å². The summed E-state index contributed by atoms with van der Waals surface area (Å²) < 4.78 is 7.82. The van der Waals surface area contributed by atoms with Gasteiger partial charge in [-0.3, -0.25) is 4.68 Å². The van der Waals surface area contributed by atoms with Gasteiger partial charge in [-0.15, -0.1) is 0 Å². The third-order valence-electron chi connectivity index (χ3n) is 4.58. The third kappa shape index (κ3) is 1.88. The van der Waals surface area contributed by atoms with Crippen molar-refractivity contribution in [1.29, 1.82) is 0 Å². The van der Waals surface area contributed by atoms with Gasteiger partial charge in [0.2, 0.25) is 0 Å². The Morgan fingerprint density at radius 3 is 3.11 bits per heavy atom. The molecule has 1 aliphatic heterocycles. The lowest BCUT2D eigenvalue weighted by molar-refractivity contribution is -0.115. The van der Waals surface area contributed by atoms with Crippen LogP contribution in [0.25, 0.3) is 0 Å². The molecule has 4 nitrogen and oxygen atoms in total. The third-order valence-corrected chi connectivity index (χ3v) is 4.58. The summed E-state index contributed by atoms with van der Waals surface area (Å²) in [7, 11) is 0. The van der Waals surface area contributed by atoms with Crippen LogP contribution in [-0.4, -0.2) is 34.6 Å². The van der Waals surface area contributed by atoms with Crippen LogP contribution in [0.4, 0.5) is 0 Å². The number of ether oxygens (including phenoxy) is 1. The van der Waals surface area contributed by atoms with Gasteiger partial charge in [0.25, 0.3) is 0 Å². The molecule has 1 aliphatic carbocycles. The molecule has 4 heteroatoms. The highest BCUT2D eigenvalue weighted by atomic mass is 16.5. The molecule has 18 heavy (non-hydrogen) atoms. The molecule has 1 saturated carbocycles. The molecule has 1 aromatic heterocycles. The maximum absolute atomic E-state index is 5.83. The summed E-state index contributed by atoms with van der Waals surface area (Å²) in [4.78, 5) is 0. The van der Waals surface area contributed by atoms with Crippen LogP contribution in [0.3, 0.4) is 0 Å². The van der Waals surface area contributed by atoms with Gasteiger partial charge in [-0.25, -0.2) is 0 Å². The van der Waals surface area contributed by atoms with E-state index in [0.717, 1.165) is 13.2 Å². The van der Waals surface area contributed by atoms with Gasteiger partial charge < -0.3 is 10.1 Å². The Kier molecular flexibility index (Phi) is 2.94. The summed E-state index contributed by atoms with van der Waals surface area (Å²) in [5.74, 6) is 0.708. The van der Waals surface area contributed by atoms with E-state index >= 15 is 0 Å². The molecule has 1 saturated heterocycles. The van der Waals surface area contributed by atoms with Gasteiger partial charge in [-0.05, 0) is 19.4 Å². The molecule has 100 valence electrons. The van der Waals surface area contributed by atoms with Crippen molar-refractivity contribution in [3.8, 4) is 0 Å². The van der Waals surface area contributed by atoms with Crippen molar-refractivity contribution in [1.82, 2.24) is 15.1 Å². The Balaban J connectivity index is 1.59. The van der Waals surface area contributed by atoms with E-state index in [9.17, 15) is 0 Å². The van der Waals surface area contributed by atoms with Gasteiger partial charge >= 0.3 is 0 Å². The second-order valence-electron chi connectivity index (χ2n) is 6.34. The molecule has 0 spiro atoms. The second kappa shape index (κ2) is 4.35. The van der Waals surface area contributed by atoms with E-state index in [0.29, 0.717) is 24.1 Å². The smallest absolute Gasteiger partial charge is 0.0685 e. The molecular formula is C14H23N3O. The molecular weight excluding hydrogens is 226 g/mol. The molecule has 2 heterocycles. The van der Waals surface area contributed by atoms with Gasteiger partial charge in [-0.1, -0.05) is 13.8 Å².